The summed E-state index contributed by atoms with van der Waals surface area (Å²) in [7, 11) is 0. The van der Waals surface area contributed by atoms with E-state index in [2.05, 4.69) is 20.1 Å². The summed E-state index contributed by atoms with van der Waals surface area (Å²) in [6.45, 7) is -1.47. The standard InChI is InChI=1S/C22H21ClF2N6O3/c1-2-30(19(33)12-32)18-11-31(29-20(18)14-6-8-15(23)9-7-14)22(27-13-26)28-16-4-3-5-17(10-16)34-21(24)25/h3-10,18,21,32H,2,11-12H2,1H3,(H,27,28)/t18-/m0/s1. The molecule has 9 nitrogen and oxygen atoms in total. The first-order valence-corrected chi connectivity index (χ1v) is 10.5. The van der Waals surface area contributed by atoms with E-state index in [0.29, 0.717) is 22.8 Å². The number of likely N-dealkylation sites (N-methyl/N-ethyl adjacent to an activating group) is 1. The monoisotopic (exact) mass is 490 g/mol. The first-order chi connectivity index (χ1) is 16.4. The second-order valence-corrected chi connectivity index (χ2v) is 7.41. The Kier molecular flexibility index (Phi) is 8.34. The van der Waals surface area contributed by atoms with Gasteiger partial charge in [0, 0.05) is 23.2 Å². The second kappa shape index (κ2) is 11.4. The minimum Gasteiger partial charge on any atom is -0.435 e. The van der Waals surface area contributed by atoms with Crippen molar-refractivity contribution < 1.29 is 23.4 Å². The largest absolute Gasteiger partial charge is 0.435 e. The highest BCUT2D eigenvalue weighted by Crippen LogP contribution is 2.24. The number of aliphatic hydroxyl groups is 1. The predicted octanol–water partition coefficient (Wildman–Crippen LogP) is 2.93. The molecule has 2 N–H and O–H groups in total. The van der Waals surface area contributed by atoms with E-state index < -0.39 is 25.2 Å². The fourth-order valence-electron chi connectivity index (χ4n) is 3.45. The van der Waals surface area contributed by atoms with Crippen LogP contribution in [-0.4, -0.2) is 64.9 Å². The third kappa shape index (κ3) is 5.98. The van der Waals surface area contributed by atoms with Crippen LogP contribution < -0.4 is 10.1 Å². The molecule has 3 rings (SSSR count). The second-order valence-electron chi connectivity index (χ2n) is 6.98. The molecule has 2 aromatic carbocycles. The molecule has 0 unspecified atom stereocenters. The number of hydrazone groups is 1. The molecule has 2 aromatic rings. The van der Waals surface area contributed by atoms with E-state index in [-0.39, 0.29) is 23.9 Å². The Balaban J connectivity index is 2.01. The van der Waals surface area contributed by atoms with Crippen molar-refractivity contribution in [2.24, 2.45) is 10.1 Å². The molecule has 12 heteroatoms. The number of carbonyl (C=O) groups is 1. The molecule has 1 aliphatic rings. The summed E-state index contributed by atoms with van der Waals surface area (Å²) in [5.74, 6) is -0.569. The van der Waals surface area contributed by atoms with Crippen LogP contribution in [0.25, 0.3) is 0 Å². The fourth-order valence-corrected chi connectivity index (χ4v) is 3.58. The number of rotatable bonds is 7. The SMILES string of the molecule is CCN(C(=O)CO)[C@H]1CN(C(=Nc2cccc(OC(F)F)c2)NC#N)N=C1c1ccc(Cl)cc1. The number of carbonyl (C=O) groups excluding carboxylic acids is 1. The number of hydrogen-bond donors (Lipinski definition) is 2. The quantitative estimate of drug-likeness (QED) is 0.267. The lowest BCUT2D eigenvalue weighted by atomic mass is 10.0. The molecule has 0 radical (unpaired) electrons. The number of aliphatic imine (C=N–C) groups is 1. The smallest absolute Gasteiger partial charge is 0.387 e. The van der Waals surface area contributed by atoms with Crippen LogP contribution in [0.3, 0.4) is 0 Å². The lowest BCUT2D eigenvalue weighted by Crippen LogP contribution is -2.49. The Morgan fingerprint density at radius 3 is 2.76 bits per heavy atom. The summed E-state index contributed by atoms with van der Waals surface area (Å²) in [4.78, 5) is 18.2. The van der Waals surface area contributed by atoms with Gasteiger partial charge >= 0.3 is 6.61 Å². The van der Waals surface area contributed by atoms with Gasteiger partial charge in [-0.2, -0.15) is 19.1 Å². The molecule has 0 saturated heterocycles. The lowest BCUT2D eigenvalue weighted by molar-refractivity contribution is -0.135. The first-order valence-electron chi connectivity index (χ1n) is 10.2. The number of hydrogen-bond acceptors (Lipinski definition) is 6. The highest BCUT2D eigenvalue weighted by Gasteiger charge is 2.36. The van der Waals surface area contributed by atoms with Crippen LogP contribution in [0.1, 0.15) is 12.5 Å². The van der Waals surface area contributed by atoms with Gasteiger partial charge < -0.3 is 14.7 Å². The van der Waals surface area contributed by atoms with Gasteiger partial charge in [-0.05, 0) is 31.2 Å². The molecular formula is C22H21ClF2N6O3. The van der Waals surface area contributed by atoms with Gasteiger partial charge in [0.2, 0.25) is 11.9 Å². The number of guanidine groups is 1. The molecule has 1 heterocycles. The Labute approximate surface area is 199 Å². The third-order valence-electron chi connectivity index (χ3n) is 4.89. The molecule has 0 spiro atoms. The molecule has 1 atom stereocenters. The van der Waals surface area contributed by atoms with E-state index >= 15 is 0 Å². The molecule has 0 aliphatic carbocycles. The van der Waals surface area contributed by atoms with Gasteiger partial charge in [-0.15, -0.1) is 0 Å². The number of nitrogens with one attached hydrogen (secondary N) is 1. The van der Waals surface area contributed by atoms with E-state index in [4.69, 9.17) is 11.6 Å². The molecule has 1 aliphatic heterocycles. The van der Waals surface area contributed by atoms with Crippen LogP contribution in [0, 0.1) is 11.5 Å². The Bertz CT molecular complexity index is 1120. The zero-order valence-corrected chi connectivity index (χ0v) is 18.8. The van der Waals surface area contributed by atoms with E-state index in [1.54, 1.807) is 43.4 Å². The molecule has 178 valence electrons. The van der Waals surface area contributed by atoms with Crippen molar-refractivity contribution in [2.75, 3.05) is 19.7 Å². The van der Waals surface area contributed by atoms with E-state index in [0.717, 1.165) is 0 Å². The summed E-state index contributed by atoms with van der Waals surface area (Å²) < 4.78 is 29.5. The Morgan fingerprint density at radius 1 is 1.41 bits per heavy atom. The number of alkyl halides is 2. The van der Waals surface area contributed by atoms with Gasteiger partial charge in [0.1, 0.15) is 12.4 Å². The molecule has 0 fully saturated rings. The zero-order valence-electron chi connectivity index (χ0n) is 18.0. The fraction of sp³-hybridized carbons (Fsp3) is 0.273. The van der Waals surface area contributed by atoms with Gasteiger partial charge in [-0.3, -0.25) is 10.1 Å². The summed E-state index contributed by atoms with van der Waals surface area (Å²) >= 11 is 6.00. The number of ether oxygens (including phenoxy) is 1. The summed E-state index contributed by atoms with van der Waals surface area (Å²) in [5.41, 5.74) is 1.42. The normalized spacial score (nSPS) is 15.7. The molecule has 0 saturated carbocycles. The van der Waals surface area contributed by atoms with E-state index in [1.807, 2.05) is 0 Å². The number of amides is 1. The van der Waals surface area contributed by atoms with Crippen LogP contribution in [0.5, 0.6) is 5.75 Å². The zero-order chi connectivity index (χ0) is 24.7. The minimum atomic E-state index is -2.99. The maximum atomic E-state index is 12.6. The topological polar surface area (TPSA) is 114 Å². The first kappa shape index (κ1) is 24.9. The van der Waals surface area contributed by atoms with Crippen LogP contribution in [0.2, 0.25) is 5.02 Å². The lowest BCUT2D eigenvalue weighted by Gasteiger charge is -2.28. The van der Waals surface area contributed by atoms with Crippen molar-refractivity contribution in [2.45, 2.75) is 19.6 Å². The average molecular weight is 491 g/mol. The molecular weight excluding hydrogens is 470 g/mol. The number of aliphatic hydroxyl groups excluding tert-OH is 1. The molecule has 0 aromatic heterocycles. The predicted molar refractivity (Wildman–Crippen MR) is 122 cm³/mol. The Hall–Kier alpha value is -3.75. The highest BCUT2D eigenvalue weighted by atomic mass is 35.5. The van der Waals surface area contributed by atoms with E-state index in [1.165, 1.54) is 28.1 Å². The van der Waals surface area contributed by atoms with Gasteiger partial charge in [0.25, 0.3) is 0 Å². The number of nitrogens with zero attached hydrogens (tertiary/aromatic N) is 5. The van der Waals surface area contributed by atoms with Crippen molar-refractivity contribution in [1.29, 1.82) is 5.26 Å². The third-order valence-corrected chi connectivity index (χ3v) is 5.14. The molecule has 34 heavy (non-hydrogen) atoms. The average Bonchev–Trinajstić information content (AvgIpc) is 3.24. The van der Waals surface area contributed by atoms with Crippen LogP contribution >= 0.6 is 11.6 Å². The van der Waals surface area contributed by atoms with Crippen molar-refractivity contribution >= 4 is 34.9 Å². The highest BCUT2D eigenvalue weighted by molar-refractivity contribution is 6.30. The van der Waals surface area contributed by atoms with Gasteiger partial charge in [-0.25, -0.2) is 10.0 Å². The van der Waals surface area contributed by atoms with Crippen LogP contribution in [-0.2, 0) is 4.79 Å². The Morgan fingerprint density at radius 2 is 2.15 bits per heavy atom. The van der Waals surface area contributed by atoms with Crippen molar-refractivity contribution in [3.05, 3.63) is 59.1 Å². The number of halogens is 3. The van der Waals surface area contributed by atoms with Crippen LogP contribution in [0.4, 0.5) is 14.5 Å². The summed E-state index contributed by atoms with van der Waals surface area (Å²) in [6, 6.07) is 12.0. The number of benzene rings is 2. The van der Waals surface area contributed by atoms with Crippen molar-refractivity contribution in [1.82, 2.24) is 15.2 Å². The summed E-state index contributed by atoms with van der Waals surface area (Å²) in [6.07, 6.45) is 1.78. The van der Waals surface area contributed by atoms with Gasteiger partial charge in [0.15, 0.2) is 6.19 Å². The van der Waals surface area contributed by atoms with E-state index in [9.17, 15) is 23.9 Å². The molecule has 0 bridgehead atoms. The van der Waals surface area contributed by atoms with Crippen molar-refractivity contribution in [3.8, 4) is 11.9 Å². The summed E-state index contributed by atoms with van der Waals surface area (Å²) in [5, 5.41) is 27.6. The maximum absolute atomic E-state index is 12.6. The number of nitriles is 1. The van der Waals surface area contributed by atoms with Crippen LogP contribution in [0.15, 0.2) is 58.6 Å². The maximum Gasteiger partial charge on any atom is 0.387 e. The van der Waals surface area contributed by atoms with Crippen molar-refractivity contribution in [3.63, 3.8) is 0 Å². The molecule has 1 amide bonds. The van der Waals surface area contributed by atoms with Gasteiger partial charge in [-0.1, -0.05) is 29.8 Å². The van der Waals surface area contributed by atoms with Gasteiger partial charge in [0.05, 0.1) is 24.0 Å². The minimum absolute atomic E-state index is 0.0122.